The van der Waals surface area contributed by atoms with Crippen molar-refractivity contribution in [3.8, 4) is 0 Å². The molecule has 0 spiro atoms. The number of carbonyl (C=O) groups is 1. The number of hydrogen-bond acceptors (Lipinski definition) is 2. The van der Waals surface area contributed by atoms with Gasteiger partial charge in [0.05, 0.1) is 0 Å². The first-order valence-corrected chi connectivity index (χ1v) is 5.52. The van der Waals surface area contributed by atoms with Gasteiger partial charge in [-0.2, -0.15) is 5.10 Å². The van der Waals surface area contributed by atoms with Gasteiger partial charge in [-0.25, -0.2) is 0 Å². The highest BCUT2D eigenvalue weighted by Gasteiger charge is 2.04. The monoisotopic (exact) mass is 206 g/mol. The van der Waals surface area contributed by atoms with Crippen LogP contribution in [-0.2, 0) is 6.54 Å². The summed E-state index contributed by atoms with van der Waals surface area (Å²) in [5.74, 6) is -0.00157. The highest BCUT2D eigenvalue weighted by Crippen LogP contribution is 2.00. The first kappa shape index (κ1) is 11.7. The molecule has 0 aliphatic heterocycles. The maximum Gasteiger partial charge on any atom is 0.205 e. The molecule has 0 saturated heterocycles. The standard InChI is InChI=1S/C12H18N2O/c1-3-5-6-7-8-12(15)11-9-10-14(4-2)13-11/h7-10H,3-6H2,1-2H3/b8-7+. The van der Waals surface area contributed by atoms with Crippen LogP contribution in [0.2, 0.25) is 0 Å². The Hall–Kier alpha value is -1.38. The first-order chi connectivity index (χ1) is 7.27. The molecule has 0 unspecified atom stereocenters. The molecule has 0 bridgehead atoms. The van der Waals surface area contributed by atoms with E-state index in [1.54, 1.807) is 16.8 Å². The van der Waals surface area contributed by atoms with Crippen LogP contribution < -0.4 is 0 Å². The fourth-order valence-corrected chi connectivity index (χ4v) is 1.27. The predicted molar refractivity (Wildman–Crippen MR) is 60.9 cm³/mol. The summed E-state index contributed by atoms with van der Waals surface area (Å²) < 4.78 is 1.76. The van der Waals surface area contributed by atoms with Crippen molar-refractivity contribution < 1.29 is 4.79 Å². The van der Waals surface area contributed by atoms with Crippen molar-refractivity contribution in [2.75, 3.05) is 0 Å². The minimum atomic E-state index is -0.00157. The number of aryl methyl sites for hydroxylation is 1. The number of allylic oxidation sites excluding steroid dienone is 2. The molecule has 0 N–H and O–H groups in total. The minimum Gasteiger partial charge on any atom is -0.287 e. The van der Waals surface area contributed by atoms with Gasteiger partial charge >= 0.3 is 0 Å². The maximum atomic E-state index is 11.6. The van der Waals surface area contributed by atoms with Crippen LogP contribution in [0.4, 0.5) is 0 Å². The molecule has 1 aromatic heterocycles. The zero-order chi connectivity index (χ0) is 11.1. The Balaban J connectivity index is 2.49. The zero-order valence-corrected chi connectivity index (χ0v) is 9.44. The van der Waals surface area contributed by atoms with E-state index >= 15 is 0 Å². The first-order valence-electron chi connectivity index (χ1n) is 5.52. The third kappa shape index (κ3) is 3.70. The molecule has 3 heteroatoms. The number of ketones is 1. The van der Waals surface area contributed by atoms with Gasteiger partial charge < -0.3 is 0 Å². The topological polar surface area (TPSA) is 34.9 Å². The van der Waals surface area contributed by atoms with E-state index in [1.807, 2.05) is 19.2 Å². The van der Waals surface area contributed by atoms with Gasteiger partial charge in [-0.15, -0.1) is 0 Å². The van der Waals surface area contributed by atoms with Gasteiger partial charge in [-0.1, -0.05) is 25.8 Å². The van der Waals surface area contributed by atoms with E-state index < -0.39 is 0 Å². The molecule has 15 heavy (non-hydrogen) atoms. The molecule has 0 radical (unpaired) electrons. The van der Waals surface area contributed by atoms with Crippen LogP contribution in [0.1, 0.15) is 43.6 Å². The molecule has 0 amide bonds. The summed E-state index contributed by atoms with van der Waals surface area (Å²) in [6, 6.07) is 1.76. The number of hydrogen-bond donors (Lipinski definition) is 0. The number of carbonyl (C=O) groups excluding carboxylic acids is 1. The van der Waals surface area contributed by atoms with Crippen LogP contribution in [0.25, 0.3) is 0 Å². The number of unbranched alkanes of at least 4 members (excludes halogenated alkanes) is 2. The summed E-state index contributed by atoms with van der Waals surface area (Å²) in [5, 5.41) is 4.14. The van der Waals surface area contributed by atoms with Gasteiger partial charge in [0.15, 0.2) is 0 Å². The fraction of sp³-hybridized carbons (Fsp3) is 0.500. The Morgan fingerprint density at radius 1 is 1.53 bits per heavy atom. The van der Waals surface area contributed by atoms with Crippen molar-refractivity contribution in [3.05, 3.63) is 30.1 Å². The quantitative estimate of drug-likeness (QED) is 0.407. The lowest BCUT2D eigenvalue weighted by atomic mass is 10.2. The highest BCUT2D eigenvalue weighted by atomic mass is 16.1. The van der Waals surface area contributed by atoms with Crippen LogP contribution in [0.15, 0.2) is 24.4 Å². The van der Waals surface area contributed by atoms with Crippen LogP contribution in [0.3, 0.4) is 0 Å². The molecule has 1 aromatic rings. The van der Waals surface area contributed by atoms with E-state index in [9.17, 15) is 4.79 Å². The van der Waals surface area contributed by atoms with Gasteiger partial charge in [0.1, 0.15) is 5.69 Å². The van der Waals surface area contributed by atoms with Crippen molar-refractivity contribution in [2.24, 2.45) is 0 Å². The molecule has 0 saturated carbocycles. The minimum absolute atomic E-state index is 0.00157. The van der Waals surface area contributed by atoms with E-state index in [1.165, 1.54) is 0 Å². The molecule has 1 heterocycles. The summed E-state index contributed by atoms with van der Waals surface area (Å²) in [7, 11) is 0. The van der Waals surface area contributed by atoms with Crippen molar-refractivity contribution in [1.29, 1.82) is 0 Å². The molecule has 3 nitrogen and oxygen atoms in total. The van der Waals surface area contributed by atoms with Crippen LogP contribution in [0.5, 0.6) is 0 Å². The lowest BCUT2D eigenvalue weighted by molar-refractivity contribution is 0.104. The number of rotatable bonds is 6. The molecular formula is C12H18N2O. The molecule has 0 aromatic carbocycles. The van der Waals surface area contributed by atoms with E-state index in [0.717, 1.165) is 25.8 Å². The molecule has 1 rings (SSSR count). The molecule has 0 aliphatic carbocycles. The van der Waals surface area contributed by atoms with Crippen LogP contribution >= 0.6 is 0 Å². The molecule has 82 valence electrons. The van der Waals surface area contributed by atoms with Gasteiger partial charge in [0.2, 0.25) is 5.78 Å². The van der Waals surface area contributed by atoms with Gasteiger partial charge in [-0.05, 0) is 25.5 Å². The Morgan fingerprint density at radius 2 is 2.33 bits per heavy atom. The second-order valence-electron chi connectivity index (χ2n) is 3.47. The number of aromatic nitrogens is 2. The Morgan fingerprint density at radius 3 is 2.93 bits per heavy atom. The Kier molecular flexibility index (Phi) is 4.81. The molecule has 0 fully saturated rings. The lowest BCUT2D eigenvalue weighted by Crippen LogP contribution is -1.99. The lowest BCUT2D eigenvalue weighted by Gasteiger charge is -1.92. The van der Waals surface area contributed by atoms with Gasteiger partial charge in [-0.3, -0.25) is 9.48 Å². The largest absolute Gasteiger partial charge is 0.287 e. The van der Waals surface area contributed by atoms with E-state index in [4.69, 9.17) is 0 Å². The third-order valence-corrected chi connectivity index (χ3v) is 2.21. The van der Waals surface area contributed by atoms with Crippen molar-refractivity contribution in [3.63, 3.8) is 0 Å². The second-order valence-corrected chi connectivity index (χ2v) is 3.47. The summed E-state index contributed by atoms with van der Waals surface area (Å²) in [6.07, 6.45) is 8.63. The van der Waals surface area contributed by atoms with E-state index in [-0.39, 0.29) is 5.78 Å². The zero-order valence-electron chi connectivity index (χ0n) is 9.44. The smallest absolute Gasteiger partial charge is 0.205 e. The Bertz CT molecular complexity index is 339. The summed E-state index contributed by atoms with van der Waals surface area (Å²) >= 11 is 0. The van der Waals surface area contributed by atoms with Crippen molar-refractivity contribution >= 4 is 5.78 Å². The Labute approximate surface area is 90.8 Å². The predicted octanol–water partition coefficient (Wildman–Crippen LogP) is 2.83. The fourth-order valence-electron chi connectivity index (χ4n) is 1.27. The average Bonchev–Trinajstić information content (AvgIpc) is 2.72. The third-order valence-electron chi connectivity index (χ3n) is 2.21. The summed E-state index contributed by atoms with van der Waals surface area (Å²) in [5.41, 5.74) is 0.532. The van der Waals surface area contributed by atoms with Gasteiger partial charge in [0, 0.05) is 12.7 Å². The summed E-state index contributed by atoms with van der Waals surface area (Å²) in [4.78, 5) is 11.6. The molecular weight excluding hydrogens is 188 g/mol. The van der Waals surface area contributed by atoms with E-state index in [0.29, 0.717) is 5.69 Å². The summed E-state index contributed by atoms with van der Waals surface area (Å²) in [6.45, 7) is 4.93. The van der Waals surface area contributed by atoms with Crippen LogP contribution in [0, 0.1) is 0 Å². The van der Waals surface area contributed by atoms with Crippen molar-refractivity contribution in [2.45, 2.75) is 39.7 Å². The normalized spacial score (nSPS) is 11.1. The number of nitrogens with zero attached hydrogens (tertiary/aromatic N) is 2. The highest BCUT2D eigenvalue weighted by molar-refractivity contribution is 6.02. The van der Waals surface area contributed by atoms with Gasteiger partial charge in [0.25, 0.3) is 0 Å². The van der Waals surface area contributed by atoms with Crippen LogP contribution in [-0.4, -0.2) is 15.6 Å². The molecule has 0 aliphatic rings. The SMILES string of the molecule is CCCC/C=C/C(=O)c1ccn(CC)n1. The van der Waals surface area contributed by atoms with E-state index in [2.05, 4.69) is 12.0 Å². The molecule has 0 atom stereocenters. The van der Waals surface area contributed by atoms with Crippen molar-refractivity contribution in [1.82, 2.24) is 9.78 Å². The maximum absolute atomic E-state index is 11.6. The average molecular weight is 206 g/mol. The second kappa shape index (κ2) is 6.17.